The Morgan fingerprint density at radius 2 is 2.06 bits per heavy atom. The van der Waals surface area contributed by atoms with Crippen LogP contribution in [0.5, 0.6) is 0 Å². The van der Waals surface area contributed by atoms with Crippen molar-refractivity contribution in [3.8, 4) is 17.2 Å². The van der Waals surface area contributed by atoms with E-state index in [0.717, 1.165) is 12.8 Å². The Labute approximate surface area is 186 Å². The molecule has 2 rings (SSSR count). The third-order valence-electron chi connectivity index (χ3n) is 4.58. The summed E-state index contributed by atoms with van der Waals surface area (Å²) in [5, 5.41) is 22.1. The fourth-order valence-electron chi connectivity index (χ4n) is 3.18. The topological polar surface area (TPSA) is 124 Å². The highest BCUT2D eigenvalue weighted by molar-refractivity contribution is 6.30. The Morgan fingerprint density at radius 3 is 2.71 bits per heavy atom. The van der Waals surface area contributed by atoms with E-state index in [2.05, 4.69) is 16.4 Å². The molecule has 0 spiro atoms. The number of anilines is 1. The van der Waals surface area contributed by atoms with Crippen LogP contribution in [-0.4, -0.2) is 35.2 Å². The fourth-order valence-corrected chi connectivity index (χ4v) is 3.37. The van der Waals surface area contributed by atoms with Gasteiger partial charge < -0.3 is 10.1 Å². The van der Waals surface area contributed by atoms with Crippen LogP contribution in [0.1, 0.15) is 54.2 Å². The number of benzene rings is 1. The molecule has 0 radical (unpaired) electrons. The molecular formula is C22H25ClN4O4. The molecular weight excluding hydrogens is 420 g/mol. The van der Waals surface area contributed by atoms with Gasteiger partial charge in [-0.1, -0.05) is 30.2 Å². The number of unbranched alkanes of at least 4 members (excludes halogenated alkanes) is 2. The lowest BCUT2D eigenvalue weighted by Crippen LogP contribution is -2.18. The number of rotatable bonds is 10. The molecule has 0 aliphatic heterocycles. The molecule has 1 aromatic heterocycles. The minimum absolute atomic E-state index is 0.198. The minimum atomic E-state index is -0.548. The summed E-state index contributed by atoms with van der Waals surface area (Å²) in [6.45, 7) is 4.13. The van der Waals surface area contributed by atoms with Gasteiger partial charge in [0.25, 0.3) is 0 Å². The van der Waals surface area contributed by atoms with Gasteiger partial charge in [0.2, 0.25) is 5.91 Å². The van der Waals surface area contributed by atoms with E-state index >= 15 is 0 Å². The maximum atomic E-state index is 12.7. The molecule has 0 aliphatic carbocycles. The highest BCUT2D eigenvalue weighted by Gasteiger charge is 2.25. The molecule has 0 saturated carbocycles. The largest absolute Gasteiger partial charge is 0.462 e. The Bertz CT molecular complexity index is 988. The van der Waals surface area contributed by atoms with Crippen molar-refractivity contribution in [2.45, 2.75) is 39.5 Å². The number of halogens is 1. The molecule has 31 heavy (non-hydrogen) atoms. The number of hydrogen-bond acceptors (Lipinski definition) is 7. The maximum absolute atomic E-state index is 12.7. The average molecular weight is 445 g/mol. The van der Waals surface area contributed by atoms with Gasteiger partial charge in [-0.25, -0.2) is 15.3 Å². The number of hydroxylamine groups is 1. The number of hydrogen-bond donors (Lipinski definition) is 3. The maximum Gasteiger partial charge on any atom is 0.340 e. The summed E-state index contributed by atoms with van der Waals surface area (Å²) in [5.41, 5.74) is 3.56. The number of carbonyl (C=O) groups excluding carboxylic acids is 2. The summed E-state index contributed by atoms with van der Waals surface area (Å²) < 4.78 is 5.20. The second kappa shape index (κ2) is 11.9. The lowest BCUT2D eigenvalue weighted by Gasteiger charge is -2.17. The third-order valence-corrected chi connectivity index (χ3v) is 4.82. The summed E-state index contributed by atoms with van der Waals surface area (Å²) in [6.07, 6.45) is 2.35. The van der Waals surface area contributed by atoms with E-state index in [-0.39, 0.29) is 24.2 Å². The van der Waals surface area contributed by atoms with Crippen LogP contribution in [0.3, 0.4) is 0 Å². The molecule has 0 atom stereocenters. The van der Waals surface area contributed by atoms with E-state index < -0.39 is 11.9 Å². The number of ether oxygens (including phenoxy) is 1. The number of carbonyl (C=O) groups is 2. The molecule has 2 aromatic rings. The van der Waals surface area contributed by atoms with Crippen molar-refractivity contribution in [3.05, 3.63) is 46.1 Å². The van der Waals surface area contributed by atoms with Gasteiger partial charge >= 0.3 is 5.97 Å². The van der Waals surface area contributed by atoms with Crippen LogP contribution < -0.4 is 10.8 Å². The molecule has 3 N–H and O–H groups in total. The van der Waals surface area contributed by atoms with Crippen LogP contribution in [-0.2, 0) is 9.53 Å². The van der Waals surface area contributed by atoms with Gasteiger partial charge in [-0.3, -0.25) is 10.0 Å². The summed E-state index contributed by atoms with van der Waals surface area (Å²) >= 11 is 6.15. The van der Waals surface area contributed by atoms with E-state index in [9.17, 15) is 14.9 Å². The highest BCUT2D eigenvalue weighted by atomic mass is 35.5. The smallest absolute Gasteiger partial charge is 0.340 e. The van der Waals surface area contributed by atoms with Gasteiger partial charge in [0, 0.05) is 23.6 Å². The molecule has 8 nitrogen and oxygen atoms in total. The third kappa shape index (κ3) is 6.41. The Morgan fingerprint density at radius 1 is 1.29 bits per heavy atom. The van der Waals surface area contributed by atoms with Crippen LogP contribution in [0.25, 0.3) is 11.1 Å². The molecule has 164 valence electrons. The highest BCUT2D eigenvalue weighted by Crippen LogP contribution is 2.34. The molecule has 1 amide bonds. The lowest BCUT2D eigenvalue weighted by atomic mass is 9.94. The van der Waals surface area contributed by atoms with Gasteiger partial charge in [0.1, 0.15) is 17.5 Å². The first kappa shape index (κ1) is 24.1. The van der Waals surface area contributed by atoms with Crippen LogP contribution in [0, 0.1) is 18.3 Å². The van der Waals surface area contributed by atoms with Crippen molar-refractivity contribution in [1.82, 2.24) is 10.5 Å². The molecule has 1 aromatic carbocycles. The van der Waals surface area contributed by atoms with E-state index in [0.29, 0.717) is 40.6 Å². The number of nitriles is 1. The predicted molar refractivity (Wildman–Crippen MR) is 117 cm³/mol. The van der Waals surface area contributed by atoms with E-state index in [1.54, 1.807) is 43.6 Å². The molecule has 0 fully saturated rings. The molecule has 0 bridgehead atoms. The Balaban J connectivity index is 2.35. The predicted octanol–water partition coefficient (Wildman–Crippen LogP) is 4.24. The summed E-state index contributed by atoms with van der Waals surface area (Å²) in [7, 11) is 0. The zero-order chi connectivity index (χ0) is 22.8. The van der Waals surface area contributed by atoms with Crippen LogP contribution in [0.4, 0.5) is 5.82 Å². The average Bonchev–Trinajstić information content (AvgIpc) is 2.75. The Kier molecular flexibility index (Phi) is 9.25. The first-order chi connectivity index (χ1) is 14.9. The number of esters is 1. The van der Waals surface area contributed by atoms with Crippen molar-refractivity contribution >= 4 is 29.3 Å². The van der Waals surface area contributed by atoms with Crippen molar-refractivity contribution in [2.75, 3.05) is 18.5 Å². The number of aromatic nitrogens is 1. The van der Waals surface area contributed by atoms with E-state index in [1.165, 1.54) is 0 Å². The van der Waals surface area contributed by atoms with Crippen molar-refractivity contribution < 1.29 is 19.5 Å². The first-order valence-corrected chi connectivity index (χ1v) is 10.3. The van der Waals surface area contributed by atoms with Crippen LogP contribution in [0.2, 0.25) is 5.02 Å². The summed E-state index contributed by atoms with van der Waals surface area (Å²) in [6, 6.07) is 9.10. The number of pyridine rings is 1. The number of aryl methyl sites for hydroxylation is 1. The quantitative estimate of drug-likeness (QED) is 0.216. The van der Waals surface area contributed by atoms with Crippen molar-refractivity contribution in [3.63, 3.8) is 0 Å². The molecule has 0 aliphatic rings. The zero-order valence-electron chi connectivity index (χ0n) is 17.5. The molecule has 0 unspecified atom stereocenters. The van der Waals surface area contributed by atoms with Crippen molar-refractivity contribution in [2.24, 2.45) is 0 Å². The lowest BCUT2D eigenvalue weighted by molar-refractivity contribution is -0.129. The second-order valence-electron chi connectivity index (χ2n) is 6.79. The van der Waals surface area contributed by atoms with Gasteiger partial charge in [-0.05, 0) is 44.4 Å². The zero-order valence-corrected chi connectivity index (χ0v) is 18.3. The minimum Gasteiger partial charge on any atom is -0.462 e. The Hall–Kier alpha value is -3.15. The molecule has 1 heterocycles. The second-order valence-corrected chi connectivity index (χ2v) is 7.22. The van der Waals surface area contributed by atoms with E-state index in [1.807, 2.05) is 0 Å². The van der Waals surface area contributed by atoms with Gasteiger partial charge in [-0.15, -0.1) is 0 Å². The summed E-state index contributed by atoms with van der Waals surface area (Å²) in [5.74, 6) is -0.596. The van der Waals surface area contributed by atoms with Gasteiger partial charge in [0.15, 0.2) is 0 Å². The molecule has 0 saturated heterocycles. The fraction of sp³-hybridized carbons (Fsp3) is 0.364. The van der Waals surface area contributed by atoms with Crippen LogP contribution >= 0.6 is 11.6 Å². The molecule has 9 heteroatoms. The standard InChI is InChI=1S/C22H25ClN4O4/c1-3-31-22(29)19-14(2)26-21(25-11-6-4-5-10-18(28)27-30)17(13-24)20(19)15-8-7-9-16(23)12-15/h7-9,12,30H,3-6,10-11H2,1-2H3,(H,25,26)(H,27,28). The summed E-state index contributed by atoms with van der Waals surface area (Å²) in [4.78, 5) is 28.2. The van der Waals surface area contributed by atoms with Gasteiger partial charge in [0.05, 0.1) is 17.9 Å². The van der Waals surface area contributed by atoms with E-state index in [4.69, 9.17) is 21.5 Å². The normalized spacial score (nSPS) is 10.3. The van der Waals surface area contributed by atoms with Crippen LogP contribution in [0.15, 0.2) is 24.3 Å². The monoisotopic (exact) mass is 444 g/mol. The van der Waals surface area contributed by atoms with Gasteiger partial charge in [-0.2, -0.15) is 5.26 Å². The number of amides is 1. The number of nitrogens with zero attached hydrogens (tertiary/aromatic N) is 2. The number of nitrogens with one attached hydrogen (secondary N) is 2. The SMILES string of the molecule is CCOC(=O)c1c(C)nc(NCCCCCC(=O)NO)c(C#N)c1-c1cccc(Cl)c1. The first-order valence-electron chi connectivity index (χ1n) is 9.97. The van der Waals surface area contributed by atoms with Crippen molar-refractivity contribution in [1.29, 1.82) is 5.26 Å².